The van der Waals surface area contributed by atoms with Crippen LogP contribution in [0.2, 0.25) is 0 Å². The molecule has 0 spiro atoms. The first-order valence-corrected chi connectivity index (χ1v) is 6.71. The molecule has 0 aromatic carbocycles. The summed E-state index contributed by atoms with van der Waals surface area (Å²) in [5.41, 5.74) is 0.718. The van der Waals surface area contributed by atoms with Crippen LogP contribution in [0.1, 0.15) is 11.4 Å². The Morgan fingerprint density at radius 3 is 2.68 bits per heavy atom. The predicted octanol–water partition coefficient (Wildman–Crippen LogP) is 0.222. The molecule has 0 saturated carbocycles. The smallest absolute Gasteiger partial charge is 0.242 e. The summed E-state index contributed by atoms with van der Waals surface area (Å²) in [4.78, 5) is 11.4. The Morgan fingerprint density at radius 1 is 1.26 bits per heavy atom. The van der Waals surface area contributed by atoms with Crippen molar-refractivity contribution in [3.8, 4) is 6.07 Å². The topological polar surface area (TPSA) is 109 Å². The number of aromatic nitrogens is 3. The van der Waals surface area contributed by atoms with E-state index >= 15 is 0 Å². The second-order valence-corrected chi connectivity index (χ2v) is 5.28. The molecule has 0 saturated heterocycles. The zero-order valence-electron chi connectivity index (χ0n) is 9.68. The fraction of sp³-hybridized carbons (Fsp3) is 0.0909. The first kappa shape index (κ1) is 13.1. The fourth-order valence-electron chi connectivity index (χ4n) is 1.28. The molecular weight excluding hydrogens is 266 g/mol. The zero-order valence-corrected chi connectivity index (χ0v) is 10.5. The van der Waals surface area contributed by atoms with Crippen LogP contribution in [-0.4, -0.2) is 23.4 Å². The summed E-state index contributed by atoms with van der Waals surface area (Å²) >= 11 is 0. The Morgan fingerprint density at radius 2 is 2.11 bits per heavy atom. The summed E-state index contributed by atoms with van der Waals surface area (Å²) in [5.74, 6) is 0. The number of hydrogen-bond donors (Lipinski definition) is 1. The number of nitriles is 1. The standard InChI is InChI=1S/C11H9N5O2S/c12-5-9-1-2-11(7-14-9)19(17,18)16-6-10-3-4-13-8-15-10/h1-4,7-8,16H,6H2. The zero-order chi connectivity index (χ0) is 13.7. The SMILES string of the molecule is N#Cc1ccc(S(=O)(=O)NCc2ccncn2)cn1. The van der Waals surface area contributed by atoms with E-state index < -0.39 is 10.0 Å². The molecule has 0 aliphatic carbocycles. The van der Waals surface area contributed by atoms with Crippen LogP contribution in [0.3, 0.4) is 0 Å². The van der Waals surface area contributed by atoms with E-state index in [-0.39, 0.29) is 17.1 Å². The maximum Gasteiger partial charge on any atom is 0.242 e. The average Bonchev–Trinajstić information content (AvgIpc) is 2.46. The van der Waals surface area contributed by atoms with Gasteiger partial charge in [0, 0.05) is 12.4 Å². The van der Waals surface area contributed by atoms with Gasteiger partial charge in [0.2, 0.25) is 10.0 Å². The van der Waals surface area contributed by atoms with Gasteiger partial charge in [-0.3, -0.25) is 0 Å². The molecule has 0 atom stereocenters. The Hall–Kier alpha value is -2.37. The number of sulfonamides is 1. The van der Waals surface area contributed by atoms with Crippen molar-refractivity contribution < 1.29 is 8.42 Å². The van der Waals surface area contributed by atoms with Crippen LogP contribution >= 0.6 is 0 Å². The maximum absolute atomic E-state index is 11.9. The number of nitrogens with zero attached hydrogens (tertiary/aromatic N) is 4. The molecule has 0 unspecified atom stereocenters. The van der Waals surface area contributed by atoms with E-state index in [1.54, 1.807) is 6.07 Å². The Balaban J connectivity index is 2.12. The monoisotopic (exact) mass is 275 g/mol. The third-order valence-corrected chi connectivity index (χ3v) is 3.63. The summed E-state index contributed by atoms with van der Waals surface area (Å²) in [6.45, 7) is 0.0604. The Labute approximate surface area is 110 Å². The molecule has 2 aromatic rings. The molecule has 1 N–H and O–H groups in total. The van der Waals surface area contributed by atoms with Crippen molar-refractivity contribution in [3.05, 3.63) is 48.3 Å². The first-order valence-electron chi connectivity index (χ1n) is 5.22. The molecule has 19 heavy (non-hydrogen) atoms. The highest BCUT2D eigenvalue weighted by atomic mass is 32.2. The van der Waals surface area contributed by atoms with Gasteiger partial charge in [-0.2, -0.15) is 5.26 Å². The van der Waals surface area contributed by atoms with Gasteiger partial charge in [-0.05, 0) is 18.2 Å². The summed E-state index contributed by atoms with van der Waals surface area (Å²) in [7, 11) is -3.67. The molecule has 0 aliphatic rings. The molecule has 0 aliphatic heterocycles. The lowest BCUT2D eigenvalue weighted by Gasteiger charge is -2.05. The van der Waals surface area contributed by atoms with Crippen molar-refractivity contribution in [3.63, 3.8) is 0 Å². The second kappa shape index (κ2) is 5.51. The normalized spacial score (nSPS) is 10.9. The van der Waals surface area contributed by atoms with E-state index in [4.69, 9.17) is 5.26 Å². The molecule has 0 radical (unpaired) electrons. The molecule has 0 fully saturated rings. The van der Waals surface area contributed by atoms with Crippen LogP contribution in [-0.2, 0) is 16.6 Å². The van der Waals surface area contributed by atoms with Gasteiger partial charge in [-0.25, -0.2) is 28.1 Å². The molecule has 2 rings (SSSR count). The lowest BCUT2D eigenvalue weighted by Crippen LogP contribution is -2.23. The summed E-state index contributed by atoms with van der Waals surface area (Å²) in [6, 6.07) is 6.10. The van der Waals surface area contributed by atoms with Gasteiger partial charge in [-0.15, -0.1) is 0 Å². The van der Waals surface area contributed by atoms with Crippen LogP contribution in [0.5, 0.6) is 0 Å². The summed E-state index contributed by atoms with van der Waals surface area (Å²) in [6.07, 6.45) is 4.01. The molecule has 8 heteroatoms. The van der Waals surface area contributed by atoms with Crippen molar-refractivity contribution in [2.24, 2.45) is 0 Å². The predicted molar refractivity (Wildman–Crippen MR) is 65.0 cm³/mol. The molecule has 0 bridgehead atoms. The van der Waals surface area contributed by atoms with Crippen LogP contribution in [0.25, 0.3) is 0 Å². The van der Waals surface area contributed by atoms with Gasteiger partial charge in [0.15, 0.2) is 0 Å². The van der Waals surface area contributed by atoms with Crippen LogP contribution in [0, 0.1) is 11.3 Å². The van der Waals surface area contributed by atoms with E-state index in [1.165, 1.54) is 24.7 Å². The molecule has 96 valence electrons. The highest BCUT2D eigenvalue weighted by Crippen LogP contribution is 2.08. The third-order valence-electron chi connectivity index (χ3n) is 2.25. The summed E-state index contributed by atoms with van der Waals surface area (Å²) < 4.78 is 26.2. The highest BCUT2D eigenvalue weighted by molar-refractivity contribution is 7.89. The second-order valence-electron chi connectivity index (χ2n) is 3.52. The number of nitrogens with one attached hydrogen (secondary N) is 1. The number of pyridine rings is 1. The molecule has 2 heterocycles. The minimum Gasteiger partial charge on any atom is -0.245 e. The lowest BCUT2D eigenvalue weighted by molar-refractivity contribution is 0.580. The van der Waals surface area contributed by atoms with Gasteiger partial charge < -0.3 is 0 Å². The summed E-state index contributed by atoms with van der Waals surface area (Å²) in [5, 5.41) is 8.59. The van der Waals surface area contributed by atoms with Gasteiger partial charge in [0.05, 0.1) is 12.2 Å². The van der Waals surface area contributed by atoms with Crippen LogP contribution < -0.4 is 4.72 Å². The highest BCUT2D eigenvalue weighted by Gasteiger charge is 2.14. The van der Waals surface area contributed by atoms with Gasteiger partial charge in [0.1, 0.15) is 23.0 Å². The van der Waals surface area contributed by atoms with E-state index in [9.17, 15) is 8.42 Å². The van der Waals surface area contributed by atoms with Crippen LogP contribution in [0.4, 0.5) is 0 Å². The molecule has 0 amide bonds. The average molecular weight is 275 g/mol. The van der Waals surface area contributed by atoms with Crippen LogP contribution in [0.15, 0.2) is 41.8 Å². The van der Waals surface area contributed by atoms with Gasteiger partial charge in [0.25, 0.3) is 0 Å². The molecular formula is C11H9N5O2S. The van der Waals surface area contributed by atoms with Crippen molar-refractivity contribution in [1.29, 1.82) is 5.26 Å². The minimum absolute atomic E-state index is 0.000515. The Kier molecular flexibility index (Phi) is 3.79. The van der Waals surface area contributed by atoms with E-state index in [0.717, 1.165) is 6.20 Å². The first-order chi connectivity index (χ1) is 9.12. The Bertz CT molecular complexity index is 692. The van der Waals surface area contributed by atoms with Gasteiger partial charge in [-0.1, -0.05) is 0 Å². The van der Waals surface area contributed by atoms with Crippen molar-refractivity contribution in [2.75, 3.05) is 0 Å². The van der Waals surface area contributed by atoms with E-state index in [0.29, 0.717) is 5.69 Å². The molecule has 7 nitrogen and oxygen atoms in total. The van der Waals surface area contributed by atoms with E-state index in [2.05, 4.69) is 19.7 Å². The quantitative estimate of drug-likeness (QED) is 0.855. The molecule has 2 aromatic heterocycles. The minimum atomic E-state index is -3.67. The maximum atomic E-state index is 11.9. The van der Waals surface area contributed by atoms with Crippen molar-refractivity contribution in [1.82, 2.24) is 19.7 Å². The van der Waals surface area contributed by atoms with Crippen molar-refractivity contribution in [2.45, 2.75) is 11.4 Å². The number of rotatable bonds is 4. The van der Waals surface area contributed by atoms with Gasteiger partial charge >= 0.3 is 0 Å². The lowest BCUT2D eigenvalue weighted by atomic mass is 10.4. The largest absolute Gasteiger partial charge is 0.245 e. The van der Waals surface area contributed by atoms with Crippen molar-refractivity contribution >= 4 is 10.0 Å². The third kappa shape index (κ3) is 3.31. The van der Waals surface area contributed by atoms with E-state index in [1.807, 2.05) is 6.07 Å². The fourth-order valence-corrected chi connectivity index (χ4v) is 2.22. The number of hydrogen-bond acceptors (Lipinski definition) is 6.